The van der Waals surface area contributed by atoms with Gasteiger partial charge < -0.3 is 10.6 Å². The third-order valence-electron chi connectivity index (χ3n) is 2.27. The molecule has 0 aliphatic heterocycles. The summed E-state index contributed by atoms with van der Waals surface area (Å²) >= 11 is 3.43. The van der Waals surface area contributed by atoms with Crippen LogP contribution in [0, 0.1) is 6.92 Å². The van der Waals surface area contributed by atoms with Crippen molar-refractivity contribution in [1.82, 2.24) is 5.32 Å². The highest BCUT2D eigenvalue weighted by Gasteiger charge is 2.03. The van der Waals surface area contributed by atoms with Crippen molar-refractivity contribution in [3.63, 3.8) is 0 Å². The van der Waals surface area contributed by atoms with E-state index in [2.05, 4.69) is 33.1 Å². The number of anilines is 1. The maximum Gasteiger partial charge on any atom is 0.225 e. The standard InChI is InChI=1S/C13H17BrN2O/c1-3-7-15-8-6-13(17)16-11-5-4-10(2)12(14)9-11/h3-5,9,15H,1,6-8H2,2H3,(H,16,17). The third kappa shape index (κ3) is 5.15. The summed E-state index contributed by atoms with van der Waals surface area (Å²) in [6, 6.07) is 5.77. The maximum atomic E-state index is 11.6. The Kier molecular flexibility index (Phi) is 5.94. The number of rotatable bonds is 6. The lowest BCUT2D eigenvalue weighted by Gasteiger charge is -2.07. The Hall–Kier alpha value is -1.13. The molecule has 4 heteroatoms. The van der Waals surface area contributed by atoms with Gasteiger partial charge in [0.2, 0.25) is 5.91 Å². The molecule has 0 aromatic heterocycles. The van der Waals surface area contributed by atoms with Gasteiger partial charge in [0.25, 0.3) is 0 Å². The molecule has 17 heavy (non-hydrogen) atoms. The van der Waals surface area contributed by atoms with E-state index in [0.717, 1.165) is 22.3 Å². The van der Waals surface area contributed by atoms with Gasteiger partial charge in [0, 0.05) is 29.7 Å². The Morgan fingerprint density at radius 1 is 1.53 bits per heavy atom. The minimum atomic E-state index is 0.0114. The van der Waals surface area contributed by atoms with E-state index in [-0.39, 0.29) is 5.91 Å². The van der Waals surface area contributed by atoms with Crippen LogP contribution < -0.4 is 10.6 Å². The lowest BCUT2D eigenvalue weighted by molar-refractivity contribution is -0.116. The van der Waals surface area contributed by atoms with Gasteiger partial charge in [-0.1, -0.05) is 28.1 Å². The quantitative estimate of drug-likeness (QED) is 0.626. The minimum absolute atomic E-state index is 0.0114. The predicted molar refractivity (Wildman–Crippen MR) is 75.2 cm³/mol. The first-order valence-electron chi connectivity index (χ1n) is 5.51. The lowest BCUT2D eigenvalue weighted by atomic mass is 10.2. The average molecular weight is 297 g/mol. The fraction of sp³-hybridized carbons (Fsp3) is 0.308. The van der Waals surface area contributed by atoms with E-state index in [4.69, 9.17) is 0 Å². The number of carbonyl (C=O) groups is 1. The molecule has 3 nitrogen and oxygen atoms in total. The maximum absolute atomic E-state index is 11.6. The zero-order valence-corrected chi connectivity index (χ0v) is 11.5. The van der Waals surface area contributed by atoms with Gasteiger partial charge in [-0.3, -0.25) is 4.79 Å². The van der Waals surface area contributed by atoms with Crippen LogP contribution in [-0.2, 0) is 4.79 Å². The molecule has 0 heterocycles. The van der Waals surface area contributed by atoms with E-state index < -0.39 is 0 Å². The van der Waals surface area contributed by atoms with E-state index in [0.29, 0.717) is 13.0 Å². The van der Waals surface area contributed by atoms with Crippen LogP contribution in [0.5, 0.6) is 0 Å². The van der Waals surface area contributed by atoms with E-state index in [9.17, 15) is 4.79 Å². The van der Waals surface area contributed by atoms with Crippen molar-refractivity contribution in [3.8, 4) is 0 Å². The van der Waals surface area contributed by atoms with Crippen LogP contribution in [0.1, 0.15) is 12.0 Å². The van der Waals surface area contributed by atoms with Crippen LogP contribution >= 0.6 is 15.9 Å². The molecular formula is C13H17BrN2O. The molecule has 1 rings (SSSR count). The smallest absolute Gasteiger partial charge is 0.225 e. The normalized spacial score (nSPS) is 10.0. The van der Waals surface area contributed by atoms with Crippen LogP contribution in [0.4, 0.5) is 5.69 Å². The molecule has 0 spiro atoms. The van der Waals surface area contributed by atoms with Crippen molar-refractivity contribution >= 4 is 27.5 Å². The molecule has 0 fully saturated rings. The zero-order chi connectivity index (χ0) is 12.7. The topological polar surface area (TPSA) is 41.1 Å². The lowest BCUT2D eigenvalue weighted by Crippen LogP contribution is -2.21. The second kappa shape index (κ2) is 7.25. The Morgan fingerprint density at radius 2 is 2.29 bits per heavy atom. The van der Waals surface area contributed by atoms with Gasteiger partial charge in [-0.2, -0.15) is 0 Å². The van der Waals surface area contributed by atoms with Crippen molar-refractivity contribution in [2.75, 3.05) is 18.4 Å². The second-order valence-electron chi connectivity index (χ2n) is 3.75. The third-order valence-corrected chi connectivity index (χ3v) is 3.13. The first-order chi connectivity index (χ1) is 8.13. The summed E-state index contributed by atoms with van der Waals surface area (Å²) < 4.78 is 1.00. The van der Waals surface area contributed by atoms with Crippen molar-refractivity contribution in [2.45, 2.75) is 13.3 Å². The van der Waals surface area contributed by atoms with Crippen LogP contribution in [-0.4, -0.2) is 19.0 Å². The van der Waals surface area contributed by atoms with Gasteiger partial charge >= 0.3 is 0 Å². The first kappa shape index (κ1) is 13.9. The Morgan fingerprint density at radius 3 is 2.94 bits per heavy atom. The van der Waals surface area contributed by atoms with Crippen LogP contribution in [0.2, 0.25) is 0 Å². The zero-order valence-electron chi connectivity index (χ0n) is 9.92. The molecule has 0 bridgehead atoms. The first-order valence-corrected chi connectivity index (χ1v) is 6.30. The minimum Gasteiger partial charge on any atom is -0.326 e. The molecule has 0 saturated carbocycles. The van der Waals surface area contributed by atoms with Crippen molar-refractivity contribution < 1.29 is 4.79 Å². The van der Waals surface area contributed by atoms with Crippen LogP contribution in [0.3, 0.4) is 0 Å². The summed E-state index contributed by atoms with van der Waals surface area (Å²) in [5.74, 6) is 0.0114. The molecule has 1 aromatic rings. The van der Waals surface area contributed by atoms with Gasteiger partial charge in [-0.15, -0.1) is 6.58 Å². The average Bonchev–Trinajstić information content (AvgIpc) is 2.30. The second-order valence-corrected chi connectivity index (χ2v) is 4.61. The number of hydrogen-bond donors (Lipinski definition) is 2. The van der Waals surface area contributed by atoms with E-state index >= 15 is 0 Å². The highest BCUT2D eigenvalue weighted by atomic mass is 79.9. The summed E-state index contributed by atoms with van der Waals surface area (Å²) in [6.07, 6.45) is 2.23. The summed E-state index contributed by atoms with van der Waals surface area (Å²) in [6.45, 7) is 6.99. The van der Waals surface area contributed by atoms with Gasteiger partial charge in [0.1, 0.15) is 0 Å². The van der Waals surface area contributed by atoms with Gasteiger partial charge in [0.05, 0.1) is 0 Å². The number of carbonyl (C=O) groups excluding carboxylic acids is 1. The summed E-state index contributed by atoms with van der Waals surface area (Å²) in [5, 5.41) is 5.94. The fourth-order valence-corrected chi connectivity index (χ4v) is 1.68. The Labute approximate surface area is 110 Å². The molecular weight excluding hydrogens is 280 g/mol. The number of hydrogen-bond acceptors (Lipinski definition) is 2. The van der Waals surface area contributed by atoms with E-state index in [1.807, 2.05) is 25.1 Å². The molecule has 0 radical (unpaired) electrons. The van der Waals surface area contributed by atoms with E-state index in [1.54, 1.807) is 6.08 Å². The summed E-state index contributed by atoms with van der Waals surface area (Å²) in [4.78, 5) is 11.6. The highest BCUT2D eigenvalue weighted by Crippen LogP contribution is 2.20. The fourth-order valence-electron chi connectivity index (χ4n) is 1.30. The molecule has 0 unspecified atom stereocenters. The molecule has 2 N–H and O–H groups in total. The number of aryl methyl sites for hydroxylation is 1. The molecule has 0 aliphatic rings. The van der Waals surface area contributed by atoms with Crippen molar-refractivity contribution in [3.05, 3.63) is 40.9 Å². The Bertz CT molecular complexity index is 404. The Balaban J connectivity index is 2.39. The number of amides is 1. The molecule has 92 valence electrons. The predicted octanol–water partition coefficient (Wildman–Crippen LogP) is 2.86. The van der Waals surface area contributed by atoms with Crippen molar-refractivity contribution in [2.24, 2.45) is 0 Å². The molecule has 1 amide bonds. The molecule has 1 aromatic carbocycles. The number of benzene rings is 1. The summed E-state index contributed by atoms with van der Waals surface area (Å²) in [5.41, 5.74) is 1.96. The van der Waals surface area contributed by atoms with Gasteiger partial charge in [-0.25, -0.2) is 0 Å². The van der Waals surface area contributed by atoms with Crippen molar-refractivity contribution in [1.29, 1.82) is 0 Å². The van der Waals surface area contributed by atoms with Crippen LogP contribution in [0.15, 0.2) is 35.3 Å². The van der Waals surface area contributed by atoms with E-state index in [1.165, 1.54) is 0 Å². The van der Waals surface area contributed by atoms with Crippen LogP contribution in [0.25, 0.3) is 0 Å². The highest BCUT2D eigenvalue weighted by molar-refractivity contribution is 9.10. The molecule has 0 saturated heterocycles. The monoisotopic (exact) mass is 296 g/mol. The molecule has 0 aliphatic carbocycles. The SMILES string of the molecule is C=CCNCCC(=O)Nc1ccc(C)c(Br)c1. The number of halogens is 1. The van der Waals surface area contributed by atoms with Gasteiger partial charge in [0.15, 0.2) is 0 Å². The molecule has 0 atom stereocenters. The number of nitrogens with one attached hydrogen (secondary N) is 2. The van der Waals surface area contributed by atoms with Gasteiger partial charge in [-0.05, 0) is 24.6 Å². The summed E-state index contributed by atoms with van der Waals surface area (Å²) in [7, 11) is 0. The largest absolute Gasteiger partial charge is 0.326 e.